The van der Waals surface area contributed by atoms with Crippen LogP contribution in [-0.4, -0.2) is 13.2 Å². The van der Waals surface area contributed by atoms with Gasteiger partial charge in [0.2, 0.25) is 0 Å². The summed E-state index contributed by atoms with van der Waals surface area (Å²) in [6.45, 7) is 7.97. The topological polar surface area (TPSA) is 0 Å². The zero-order valence-electron chi connectivity index (χ0n) is 4.39. The highest BCUT2D eigenvalue weighted by molar-refractivity contribution is 14.2. The highest BCUT2D eigenvalue weighted by Gasteiger charge is 1.93. The number of halogens is 1. The van der Waals surface area contributed by atoms with Gasteiger partial charge in [0.05, 0.1) is 0 Å². The molecule has 1 unspecified atom stereocenters. The summed E-state index contributed by atoms with van der Waals surface area (Å²) in [6.07, 6.45) is 3.13. The summed E-state index contributed by atoms with van der Waals surface area (Å²) in [5, 5.41) is 0. The van der Waals surface area contributed by atoms with Crippen LogP contribution >= 0.6 is 27.5 Å². The second kappa shape index (κ2) is 5.11. The van der Waals surface area contributed by atoms with Crippen molar-refractivity contribution in [1.82, 2.24) is 0 Å². The molecule has 0 aromatic heterocycles. The molecule has 39 valence electrons. The van der Waals surface area contributed by atoms with Crippen LogP contribution in [0.1, 0.15) is 0 Å². The molecule has 0 saturated heterocycles. The number of hydrogen-bond acceptors (Lipinski definition) is 0. The zero-order chi connectivity index (χ0) is 5.70. The van der Waals surface area contributed by atoms with Gasteiger partial charge in [-0.15, -0.1) is 6.58 Å². The van der Waals surface area contributed by atoms with Crippen LogP contribution in [0.15, 0.2) is 12.7 Å². The van der Waals surface area contributed by atoms with Crippen molar-refractivity contribution in [3.05, 3.63) is 12.7 Å². The maximum atomic E-state index is 3.64. The lowest BCUT2D eigenvalue weighted by Gasteiger charge is -1.97. The summed E-state index contributed by atoms with van der Waals surface area (Å²) in [5.74, 6) is 0. The van der Waals surface area contributed by atoms with E-state index in [0.717, 1.165) is 6.16 Å². The fourth-order valence-corrected chi connectivity index (χ4v) is 1.52. The summed E-state index contributed by atoms with van der Waals surface area (Å²) in [7, 11) is 0. The Hall–Kier alpha value is 0.965. The summed E-state index contributed by atoms with van der Waals surface area (Å²) >= 11 is 2.44. The third-order valence-corrected chi connectivity index (χ3v) is 4.60. The van der Waals surface area contributed by atoms with Gasteiger partial charge in [-0.1, -0.05) is 40.4 Å². The first-order valence-electron chi connectivity index (χ1n) is 2.14. The Morgan fingerprint density at radius 2 is 2.57 bits per heavy atom. The first-order valence-corrected chi connectivity index (χ1v) is 6.52. The lowest BCUT2D eigenvalue weighted by Crippen LogP contribution is -1.75. The Morgan fingerprint density at radius 3 is 2.71 bits per heavy atom. The summed E-state index contributed by atoms with van der Waals surface area (Å²) in [6, 6.07) is 0. The average Bonchev–Trinajstić information content (AvgIpc) is 1.68. The molecule has 0 aliphatic heterocycles. The normalized spacial score (nSPS) is 12.9. The average molecular weight is 225 g/mol. The van der Waals surface area contributed by atoms with Crippen LogP contribution < -0.4 is 0 Å². The maximum absolute atomic E-state index is 3.64. The lowest BCUT2D eigenvalue weighted by molar-refractivity contribution is 1.82. The molecule has 0 bridgehead atoms. The molecular weight excluding hydrogens is 217 g/mol. The number of rotatable bonds is 3. The number of hydrogen-bond donors (Lipinski definition) is 0. The van der Waals surface area contributed by atoms with E-state index < -0.39 is 0 Å². The van der Waals surface area contributed by atoms with E-state index in [9.17, 15) is 0 Å². The van der Waals surface area contributed by atoms with Crippen molar-refractivity contribution in [3.63, 3.8) is 0 Å². The van der Waals surface area contributed by atoms with Gasteiger partial charge < -0.3 is 0 Å². The fraction of sp³-hybridized carbons (Fsp3) is 0.500. The molecule has 0 amide bonds. The maximum Gasteiger partial charge on any atom is 0.157 e. The molecule has 0 fully saturated rings. The molecule has 0 nitrogen and oxygen atoms in total. The molecule has 0 aromatic rings. The van der Waals surface area contributed by atoms with Crippen LogP contribution in [-0.2, 0) is 0 Å². The van der Waals surface area contributed by atoms with Gasteiger partial charge in [0, 0.05) is 0 Å². The van der Waals surface area contributed by atoms with E-state index in [1.54, 1.807) is 0 Å². The monoisotopic (exact) mass is 225 g/mol. The van der Waals surface area contributed by atoms with Gasteiger partial charge in [-0.25, -0.2) is 0 Å². The van der Waals surface area contributed by atoms with Crippen LogP contribution in [0.2, 0.25) is 6.82 Å². The Kier molecular flexibility index (Phi) is 5.81. The van der Waals surface area contributed by atoms with Crippen LogP contribution in [0.3, 0.4) is 0 Å². The van der Waals surface area contributed by atoms with Crippen LogP contribution in [0.5, 0.6) is 0 Å². The zero-order valence-corrected chi connectivity index (χ0v) is 7.45. The standard InChI is InChI=1S/C4H8BIP/c1-3-4-7(6)5-2/h3H,1,4H2,2H3. The summed E-state index contributed by atoms with van der Waals surface area (Å²) < 4.78 is 0. The molecule has 0 aliphatic rings. The van der Waals surface area contributed by atoms with Gasteiger partial charge in [-0.05, 0) is 6.16 Å². The lowest BCUT2D eigenvalue weighted by atomic mass is 10.2. The molecule has 1 atom stereocenters. The second-order valence-electron chi connectivity index (χ2n) is 1.13. The van der Waals surface area contributed by atoms with E-state index in [2.05, 4.69) is 42.4 Å². The van der Waals surface area contributed by atoms with Gasteiger partial charge in [0.15, 0.2) is 7.00 Å². The van der Waals surface area contributed by atoms with Crippen molar-refractivity contribution in [2.24, 2.45) is 0 Å². The quantitative estimate of drug-likeness (QED) is 0.299. The first-order chi connectivity index (χ1) is 3.31. The molecule has 1 radical (unpaired) electrons. The highest BCUT2D eigenvalue weighted by Crippen LogP contribution is 2.42. The predicted molar refractivity (Wildman–Crippen MR) is 47.6 cm³/mol. The van der Waals surface area contributed by atoms with Crippen molar-refractivity contribution < 1.29 is 0 Å². The van der Waals surface area contributed by atoms with Gasteiger partial charge in [-0.3, -0.25) is 0 Å². The van der Waals surface area contributed by atoms with E-state index in [1.165, 1.54) is 0 Å². The van der Waals surface area contributed by atoms with Crippen molar-refractivity contribution in [1.29, 1.82) is 0 Å². The van der Waals surface area contributed by atoms with Crippen molar-refractivity contribution in [2.75, 3.05) is 6.16 Å². The van der Waals surface area contributed by atoms with E-state index in [0.29, 0.717) is 0 Å². The second-order valence-corrected chi connectivity index (χ2v) is 6.53. The van der Waals surface area contributed by atoms with Crippen LogP contribution in [0, 0.1) is 0 Å². The Morgan fingerprint density at radius 1 is 2.00 bits per heavy atom. The van der Waals surface area contributed by atoms with Gasteiger partial charge in [0.1, 0.15) is 0 Å². The molecule has 0 saturated carbocycles. The smallest absolute Gasteiger partial charge is 0.103 e. The Labute approximate surface area is 60.2 Å². The summed E-state index contributed by atoms with van der Waals surface area (Å²) in [5.41, 5.74) is 0.148. The van der Waals surface area contributed by atoms with Crippen molar-refractivity contribution in [3.8, 4) is 0 Å². The minimum Gasteiger partial charge on any atom is -0.103 e. The molecule has 0 heterocycles. The molecular formula is C4H8BIP. The molecule has 0 aromatic carbocycles. The third kappa shape index (κ3) is 4.83. The van der Waals surface area contributed by atoms with Gasteiger partial charge in [0.25, 0.3) is 0 Å². The molecule has 0 aliphatic carbocycles. The van der Waals surface area contributed by atoms with Crippen LogP contribution in [0.25, 0.3) is 0 Å². The Bertz CT molecular complexity index is 57.7. The van der Waals surface area contributed by atoms with E-state index in [-0.39, 0.29) is 5.44 Å². The highest BCUT2D eigenvalue weighted by atomic mass is 127. The SMILES string of the molecule is C=CCP(I)[B]C. The first kappa shape index (κ1) is 7.96. The van der Waals surface area contributed by atoms with E-state index in [4.69, 9.17) is 0 Å². The van der Waals surface area contributed by atoms with E-state index in [1.807, 2.05) is 6.08 Å². The molecule has 0 N–H and O–H groups in total. The minimum absolute atomic E-state index is 0.148. The molecule has 7 heavy (non-hydrogen) atoms. The molecule has 0 rings (SSSR count). The molecule has 3 heteroatoms. The van der Waals surface area contributed by atoms with Gasteiger partial charge in [-0.2, -0.15) is 0 Å². The largest absolute Gasteiger partial charge is 0.157 e. The van der Waals surface area contributed by atoms with E-state index >= 15 is 0 Å². The molecule has 0 spiro atoms. The Balaban J connectivity index is 2.98. The van der Waals surface area contributed by atoms with Crippen molar-refractivity contribution in [2.45, 2.75) is 6.82 Å². The van der Waals surface area contributed by atoms with Crippen molar-refractivity contribution >= 4 is 34.5 Å². The fourth-order valence-electron chi connectivity index (χ4n) is 0.229. The summed E-state index contributed by atoms with van der Waals surface area (Å²) in [4.78, 5) is 0. The minimum atomic E-state index is 0.148. The third-order valence-electron chi connectivity index (χ3n) is 0.584. The predicted octanol–water partition coefficient (Wildman–Crippen LogP) is 2.67. The number of allylic oxidation sites excluding steroid dienone is 1. The van der Waals surface area contributed by atoms with Gasteiger partial charge >= 0.3 is 0 Å². The van der Waals surface area contributed by atoms with Crippen LogP contribution in [0.4, 0.5) is 0 Å².